The van der Waals surface area contributed by atoms with Crippen molar-refractivity contribution in [2.45, 2.75) is 6.92 Å². The average molecular weight is 536 g/mol. The van der Waals surface area contributed by atoms with E-state index in [1.54, 1.807) is 54.6 Å². The second kappa shape index (κ2) is 11.3. The van der Waals surface area contributed by atoms with Crippen LogP contribution >= 0.6 is 15.9 Å². The summed E-state index contributed by atoms with van der Waals surface area (Å²) in [7, 11) is 0. The van der Waals surface area contributed by atoms with Crippen molar-refractivity contribution < 1.29 is 23.8 Å². The molecular weight excluding hydrogens is 514 g/mol. The Morgan fingerprint density at radius 3 is 2.66 bits per heavy atom. The summed E-state index contributed by atoms with van der Waals surface area (Å²) in [5.74, 6) is 0.773. The molecule has 0 saturated carbocycles. The highest BCUT2D eigenvalue weighted by atomic mass is 79.9. The van der Waals surface area contributed by atoms with E-state index < -0.39 is 11.8 Å². The van der Waals surface area contributed by atoms with Crippen molar-refractivity contribution in [3.63, 3.8) is 0 Å². The smallest absolute Gasteiger partial charge is 0.287 e. The largest absolute Gasteiger partial charge is 0.493 e. The molecule has 3 aromatic rings. The number of ether oxygens (including phenoxy) is 3. The molecule has 0 fully saturated rings. The van der Waals surface area contributed by atoms with Crippen LogP contribution in [0.1, 0.15) is 28.4 Å². The molecule has 2 N–H and O–H groups in total. The number of fused-ring (bicyclic) bond motifs is 1. The number of rotatable bonds is 8. The molecule has 0 aromatic heterocycles. The van der Waals surface area contributed by atoms with Crippen molar-refractivity contribution >= 4 is 40.0 Å². The Balaban J connectivity index is 1.57. The third-order valence-corrected chi connectivity index (χ3v) is 5.37. The summed E-state index contributed by atoms with van der Waals surface area (Å²) in [6.07, 6.45) is 3.02. The van der Waals surface area contributed by atoms with Crippen LogP contribution in [0.4, 0.5) is 0 Å². The molecule has 0 spiro atoms. The van der Waals surface area contributed by atoms with Crippen LogP contribution < -0.4 is 25.0 Å². The minimum atomic E-state index is -0.601. The van der Waals surface area contributed by atoms with Crippen LogP contribution in [0.25, 0.3) is 6.08 Å². The monoisotopic (exact) mass is 535 g/mol. The van der Waals surface area contributed by atoms with Crippen LogP contribution in [0.3, 0.4) is 0 Å². The third-order valence-electron chi connectivity index (χ3n) is 4.88. The van der Waals surface area contributed by atoms with Crippen LogP contribution in [0.15, 0.2) is 82.0 Å². The summed E-state index contributed by atoms with van der Waals surface area (Å²) >= 11 is 3.42. The number of carbonyl (C=O) groups is 2. The zero-order chi connectivity index (χ0) is 24.6. The molecule has 1 aliphatic rings. The van der Waals surface area contributed by atoms with Crippen molar-refractivity contribution in [3.05, 3.63) is 93.6 Å². The van der Waals surface area contributed by atoms with Crippen LogP contribution in [0.2, 0.25) is 0 Å². The van der Waals surface area contributed by atoms with E-state index in [2.05, 4.69) is 31.8 Å². The zero-order valence-corrected chi connectivity index (χ0v) is 20.4. The van der Waals surface area contributed by atoms with Gasteiger partial charge in [-0.2, -0.15) is 5.10 Å². The fourth-order valence-electron chi connectivity index (χ4n) is 3.24. The van der Waals surface area contributed by atoms with E-state index >= 15 is 0 Å². The van der Waals surface area contributed by atoms with E-state index in [9.17, 15) is 9.59 Å². The summed E-state index contributed by atoms with van der Waals surface area (Å²) in [4.78, 5) is 25.8. The summed E-state index contributed by atoms with van der Waals surface area (Å²) in [5.41, 5.74) is 4.21. The molecule has 0 bridgehead atoms. The number of hydrazone groups is 1. The Bertz CT molecular complexity index is 1290. The van der Waals surface area contributed by atoms with Crippen molar-refractivity contribution in [2.75, 3.05) is 13.4 Å². The zero-order valence-electron chi connectivity index (χ0n) is 18.8. The molecule has 4 rings (SSSR count). The van der Waals surface area contributed by atoms with Gasteiger partial charge in [0.15, 0.2) is 11.5 Å². The Morgan fingerprint density at radius 2 is 1.86 bits per heavy atom. The third kappa shape index (κ3) is 6.27. The van der Waals surface area contributed by atoms with Crippen LogP contribution in [-0.2, 0) is 4.79 Å². The summed E-state index contributed by atoms with van der Waals surface area (Å²) in [6.45, 7) is 2.50. The van der Waals surface area contributed by atoms with Gasteiger partial charge < -0.3 is 19.5 Å². The fourth-order valence-corrected chi connectivity index (χ4v) is 3.62. The topological polar surface area (TPSA) is 98.2 Å². The second-order valence-corrected chi connectivity index (χ2v) is 8.22. The number of hydrogen-bond acceptors (Lipinski definition) is 6. The Morgan fingerprint density at radius 1 is 1.06 bits per heavy atom. The summed E-state index contributed by atoms with van der Waals surface area (Å²) in [5, 5.41) is 6.73. The van der Waals surface area contributed by atoms with E-state index in [0.29, 0.717) is 40.5 Å². The van der Waals surface area contributed by atoms with Gasteiger partial charge in [-0.3, -0.25) is 9.59 Å². The predicted octanol–water partition coefficient (Wildman–Crippen LogP) is 4.50. The van der Waals surface area contributed by atoms with Crippen molar-refractivity contribution in [2.24, 2.45) is 5.10 Å². The molecule has 178 valence electrons. The second-order valence-electron chi connectivity index (χ2n) is 7.31. The molecule has 35 heavy (non-hydrogen) atoms. The SMILES string of the molecule is CCOc1ccc(Br)cc1/C=N/NC(=O)/C(=C\c1ccc2c(c1)OCO2)NC(=O)c1ccccc1. The average Bonchev–Trinajstić information content (AvgIpc) is 3.33. The van der Waals surface area contributed by atoms with E-state index in [0.717, 1.165) is 4.47 Å². The van der Waals surface area contributed by atoms with Crippen molar-refractivity contribution in [1.29, 1.82) is 0 Å². The van der Waals surface area contributed by atoms with Crippen LogP contribution in [0.5, 0.6) is 17.2 Å². The van der Waals surface area contributed by atoms with E-state index in [1.807, 2.05) is 25.1 Å². The molecule has 0 unspecified atom stereocenters. The van der Waals surface area contributed by atoms with Crippen molar-refractivity contribution in [1.82, 2.24) is 10.7 Å². The highest BCUT2D eigenvalue weighted by Gasteiger charge is 2.17. The molecule has 8 nitrogen and oxygen atoms in total. The number of amides is 2. The molecule has 1 aliphatic heterocycles. The fraction of sp³-hybridized carbons (Fsp3) is 0.115. The first kappa shape index (κ1) is 24.0. The molecule has 0 aliphatic carbocycles. The molecule has 0 saturated heterocycles. The lowest BCUT2D eigenvalue weighted by Gasteiger charge is -2.10. The molecule has 0 atom stereocenters. The van der Waals surface area contributed by atoms with Gasteiger partial charge in [0.05, 0.1) is 12.8 Å². The number of halogens is 1. The summed E-state index contributed by atoms with van der Waals surface area (Å²) < 4.78 is 17.2. The van der Waals surface area contributed by atoms with Gasteiger partial charge in [-0.1, -0.05) is 40.2 Å². The molecule has 3 aromatic carbocycles. The van der Waals surface area contributed by atoms with E-state index in [1.165, 1.54) is 6.21 Å². The summed E-state index contributed by atoms with van der Waals surface area (Å²) in [6, 6.07) is 19.3. The Kier molecular flexibility index (Phi) is 7.79. The number of benzene rings is 3. The number of carbonyl (C=O) groups excluding carboxylic acids is 2. The first-order valence-corrected chi connectivity index (χ1v) is 11.6. The van der Waals surface area contributed by atoms with Gasteiger partial charge in [-0.05, 0) is 61.0 Å². The quantitative estimate of drug-likeness (QED) is 0.251. The lowest BCUT2D eigenvalue weighted by Crippen LogP contribution is -2.32. The number of nitrogens with one attached hydrogen (secondary N) is 2. The maximum atomic E-state index is 13.0. The standard InChI is InChI=1S/C26H22BrN3O5/c1-2-33-22-11-9-20(27)14-19(22)15-28-30-26(32)21(29-25(31)18-6-4-3-5-7-18)12-17-8-10-23-24(13-17)35-16-34-23/h3-15H,2,16H2,1H3,(H,29,31)(H,30,32)/b21-12+,28-15+. The maximum absolute atomic E-state index is 13.0. The molecule has 2 amide bonds. The van der Waals surface area contributed by atoms with Crippen molar-refractivity contribution in [3.8, 4) is 17.2 Å². The first-order chi connectivity index (χ1) is 17.0. The number of nitrogens with zero attached hydrogens (tertiary/aromatic N) is 1. The Hall–Kier alpha value is -4.11. The van der Waals surface area contributed by atoms with Gasteiger partial charge in [-0.25, -0.2) is 5.43 Å². The molecule has 1 heterocycles. The lowest BCUT2D eigenvalue weighted by molar-refractivity contribution is -0.117. The Labute approximate surface area is 210 Å². The van der Waals surface area contributed by atoms with E-state index in [4.69, 9.17) is 14.2 Å². The first-order valence-electron chi connectivity index (χ1n) is 10.8. The van der Waals surface area contributed by atoms with Crippen LogP contribution in [0, 0.1) is 0 Å². The highest BCUT2D eigenvalue weighted by Crippen LogP contribution is 2.33. The minimum absolute atomic E-state index is 0.00847. The molecule has 9 heteroatoms. The maximum Gasteiger partial charge on any atom is 0.287 e. The van der Waals surface area contributed by atoms with Crippen LogP contribution in [-0.4, -0.2) is 31.4 Å². The van der Waals surface area contributed by atoms with Gasteiger partial charge in [0.1, 0.15) is 11.4 Å². The normalized spacial score (nSPS) is 12.5. The lowest BCUT2D eigenvalue weighted by atomic mass is 10.1. The number of hydrogen-bond donors (Lipinski definition) is 2. The highest BCUT2D eigenvalue weighted by molar-refractivity contribution is 9.10. The van der Waals surface area contributed by atoms with Gasteiger partial charge in [0.2, 0.25) is 6.79 Å². The molecule has 0 radical (unpaired) electrons. The molecular formula is C26H22BrN3O5. The van der Waals surface area contributed by atoms with Gasteiger partial charge in [0, 0.05) is 15.6 Å². The predicted molar refractivity (Wildman–Crippen MR) is 135 cm³/mol. The van der Waals surface area contributed by atoms with E-state index in [-0.39, 0.29) is 12.5 Å². The van der Waals surface area contributed by atoms with Gasteiger partial charge >= 0.3 is 0 Å². The van der Waals surface area contributed by atoms with Gasteiger partial charge in [0.25, 0.3) is 11.8 Å². The van der Waals surface area contributed by atoms with Gasteiger partial charge in [-0.15, -0.1) is 0 Å². The minimum Gasteiger partial charge on any atom is -0.493 e.